The lowest BCUT2D eigenvalue weighted by Crippen LogP contribution is -2.42. The Morgan fingerprint density at radius 2 is 2.25 bits per heavy atom. The first-order chi connectivity index (χ1) is 11.6. The van der Waals surface area contributed by atoms with Crippen molar-refractivity contribution >= 4 is 17.5 Å². The summed E-state index contributed by atoms with van der Waals surface area (Å²) in [6.45, 7) is 2.94. The minimum atomic E-state index is -0.132. The summed E-state index contributed by atoms with van der Waals surface area (Å²) in [5, 5.41) is 2.94. The zero-order valence-corrected chi connectivity index (χ0v) is 13.5. The molecule has 2 aromatic rings. The summed E-state index contributed by atoms with van der Waals surface area (Å²) in [6.07, 6.45) is 5.52. The number of imidazole rings is 1. The van der Waals surface area contributed by atoms with Gasteiger partial charge in [-0.15, -0.1) is 0 Å². The molecule has 1 aromatic carbocycles. The number of rotatable bonds is 6. The molecule has 0 radical (unpaired) electrons. The van der Waals surface area contributed by atoms with Crippen LogP contribution < -0.4 is 15.0 Å². The van der Waals surface area contributed by atoms with Gasteiger partial charge < -0.3 is 19.5 Å². The minimum absolute atomic E-state index is 0.00959. The molecule has 1 aromatic heterocycles. The molecule has 0 unspecified atom stereocenters. The monoisotopic (exact) mass is 328 g/mol. The normalized spacial score (nSPS) is 14.7. The lowest BCUT2D eigenvalue weighted by molar-refractivity contribution is -0.122. The van der Waals surface area contributed by atoms with Gasteiger partial charge in [0.05, 0.1) is 12.0 Å². The maximum atomic E-state index is 12.1. The van der Waals surface area contributed by atoms with E-state index < -0.39 is 0 Å². The van der Waals surface area contributed by atoms with Crippen LogP contribution in [0.4, 0.5) is 5.69 Å². The van der Waals surface area contributed by atoms with Gasteiger partial charge in [0.2, 0.25) is 5.91 Å². The van der Waals surface area contributed by atoms with E-state index in [4.69, 9.17) is 4.74 Å². The molecule has 7 nitrogen and oxygen atoms in total. The lowest BCUT2D eigenvalue weighted by Gasteiger charge is -2.29. The lowest BCUT2D eigenvalue weighted by atomic mass is 10.2. The molecular formula is C17H20N4O3. The molecule has 0 saturated carbocycles. The maximum absolute atomic E-state index is 12.1. The maximum Gasteiger partial charge on any atom is 0.265 e. The number of anilines is 1. The second-order valence-corrected chi connectivity index (χ2v) is 5.78. The Morgan fingerprint density at radius 3 is 3.04 bits per heavy atom. The molecule has 2 heterocycles. The van der Waals surface area contributed by atoms with E-state index in [0.717, 1.165) is 0 Å². The Kier molecular flexibility index (Phi) is 4.79. The largest absolute Gasteiger partial charge is 0.482 e. The standard InChI is InChI=1S/C17H20N4O3/c1-13(10-20-9-7-18-12-20)19-16(22)6-8-21-14-4-2-3-5-15(14)24-11-17(21)23/h2-5,7,9,12-13H,6,8,10-11H2,1H3,(H,19,22)/t13-/m1/s1. The van der Waals surface area contributed by atoms with Crippen LogP contribution in [0.15, 0.2) is 43.0 Å². The van der Waals surface area contributed by atoms with Gasteiger partial charge >= 0.3 is 0 Å². The van der Waals surface area contributed by atoms with E-state index >= 15 is 0 Å². The van der Waals surface area contributed by atoms with Gasteiger partial charge in [0.25, 0.3) is 5.91 Å². The minimum Gasteiger partial charge on any atom is -0.482 e. The van der Waals surface area contributed by atoms with Crippen LogP contribution >= 0.6 is 0 Å². The van der Waals surface area contributed by atoms with Crippen LogP contribution in [0.2, 0.25) is 0 Å². The number of nitrogens with zero attached hydrogens (tertiary/aromatic N) is 3. The van der Waals surface area contributed by atoms with Crippen molar-refractivity contribution in [2.24, 2.45) is 0 Å². The van der Waals surface area contributed by atoms with Crippen molar-refractivity contribution < 1.29 is 14.3 Å². The molecule has 0 fully saturated rings. The second-order valence-electron chi connectivity index (χ2n) is 5.78. The van der Waals surface area contributed by atoms with Gasteiger partial charge in [0.1, 0.15) is 5.75 Å². The fourth-order valence-corrected chi connectivity index (χ4v) is 2.72. The molecule has 1 atom stereocenters. The van der Waals surface area contributed by atoms with Gasteiger partial charge in [-0.05, 0) is 19.1 Å². The van der Waals surface area contributed by atoms with E-state index in [1.54, 1.807) is 17.4 Å². The summed E-state index contributed by atoms with van der Waals surface area (Å²) in [6, 6.07) is 7.34. The molecule has 1 aliphatic rings. The van der Waals surface area contributed by atoms with E-state index in [1.165, 1.54) is 0 Å². The first-order valence-electron chi connectivity index (χ1n) is 7.91. The van der Waals surface area contributed by atoms with E-state index in [0.29, 0.717) is 24.5 Å². The molecule has 3 rings (SSSR count). The highest BCUT2D eigenvalue weighted by atomic mass is 16.5. The molecule has 0 saturated heterocycles. The van der Waals surface area contributed by atoms with Crippen LogP contribution in [0.5, 0.6) is 5.75 Å². The summed E-state index contributed by atoms with van der Waals surface area (Å²) >= 11 is 0. The van der Waals surface area contributed by atoms with E-state index in [1.807, 2.05) is 42.0 Å². The van der Waals surface area contributed by atoms with Crippen molar-refractivity contribution in [3.8, 4) is 5.75 Å². The first-order valence-corrected chi connectivity index (χ1v) is 7.91. The van der Waals surface area contributed by atoms with Crippen LogP contribution in [0.3, 0.4) is 0 Å². The molecule has 0 bridgehead atoms. The highest BCUT2D eigenvalue weighted by Crippen LogP contribution is 2.31. The van der Waals surface area contributed by atoms with Crippen molar-refractivity contribution in [2.45, 2.75) is 25.9 Å². The summed E-state index contributed by atoms with van der Waals surface area (Å²) < 4.78 is 7.31. The zero-order chi connectivity index (χ0) is 16.9. The van der Waals surface area contributed by atoms with Crippen molar-refractivity contribution in [1.29, 1.82) is 0 Å². The molecule has 1 N–H and O–H groups in total. The van der Waals surface area contributed by atoms with Gasteiger partial charge in [-0.1, -0.05) is 12.1 Å². The van der Waals surface area contributed by atoms with E-state index in [9.17, 15) is 9.59 Å². The SMILES string of the molecule is C[C@H](Cn1ccnc1)NC(=O)CCN1C(=O)COc2ccccc21. The molecule has 0 spiro atoms. The predicted molar refractivity (Wildman–Crippen MR) is 88.7 cm³/mol. The van der Waals surface area contributed by atoms with E-state index in [-0.39, 0.29) is 30.9 Å². The highest BCUT2D eigenvalue weighted by Gasteiger charge is 2.25. The number of hydrogen-bond acceptors (Lipinski definition) is 4. The van der Waals surface area contributed by atoms with Crippen LogP contribution in [0.25, 0.3) is 0 Å². The molecule has 0 aliphatic carbocycles. The smallest absolute Gasteiger partial charge is 0.265 e. The Morgan fingerprint density at radius 1 is 1.42 bits per heavy atom. The number of carbonyl (C=O) groups excluding carboxylic acids is 2. The molecule has 1 aliphatic heterocycles. The molecule has 7 heteroatoms. The Labute approximate surface area is 140 Å². The van der Waals surface area contributed by atoms with Crippen molar-refractivity contribution in [3.63, 3.8) is 0 Å². The van der Waals surface area contributed by atoms with Crippen molar-refractivity contribution in [3.05, 3.63) is 43.0 Å². The number of ether oxygens (including phenoxy) is 1. The summed E-state index contributed by atoms with van der Waals surface area (Å²) in [7, 11) is 0. The van der Waals surface area contributed by atoms with Crippen LogP contribution in [-0.2, 0) is 16.1 Å². The van der Waals surface area contributed by atoms with Gasteiger partial charge in [-0.25, -0.2) is 4.98 Å². The number of carbonyl (C=O) groups is 2. The van der Waals surface area contributed by atoms with Crippen LogP contribution in [0.1, 0.15) is 13.3 Å². The summed E-state index contributed by atoms with van der Waals surface area (Å²) in [5.41, 5.74) is 0.716. The molecule has 24 heavy (non-hydrogen) atoms. The Hall–Kier alpha value is -2.83. The van der Waals surface area contributed by atoms with Gasteiger partial charge in [-0.2, -0.15) is 0 Å². The molecule has 126 valence electrons. The quantitative estimate of drug-likeness (QED) is 0.864. The van der Waals surface area contributed by atoms with Crippen molar-refractivity contribution in [2.75, 3.05) is 18.1 Å². The Balaban J connectivity index is 1.53. The predicted octanol–water partition coefficient (Wildman–Crippen LogP) is 1.20. The third-order valence-electron chi connectivity index (χ3n) is 3.82. The Bertz CT molecular complexity index is 714. The van der Waals surface area contributed by atoms with Crippen LogP contribution in [0, 0.1) is 0 Å². The number of nitrogens with one attached hydrogen (secondary N) is 1. The fourth-order valence-electron chi connectivity index (χ4n) is 2.72. The van der Waals surface area contributed by atoms with Crippen molar-refractivity contribution in [1.82, 2.24) is 14.9 Å². The average Bonchev–Trinajstić information content (AvgIpc) is 3.06. The van der Waals surface area contributed by atoms with E-state index in [2.05, 4.69) is 10.3 Å². The van der Waals surface area contributed by atoms with Crippen LogP contribution in [-0.4, -0.2) is 40.6 Å². The second kappa shape index (κ2) is 7.16. The van der Waals surface area contributed by atoms with Gasteiger partial charge in [-0.3, -0.25) is 9.59 Å². The average molecular weight is 328 g/mol. The number of amides is 2. The third-order valence-corrected chi connectivity index (χ3v) is 3.82. The topological polar surface area (TPSA) is 76.5 Å². The fraction of sp³-hybridized carbons (Fsp3) is 0.353. The third kappa shape index (κ3) is 3.73. The number of hydrogen-bond donors (Lipinski definition) is 1. The summed E-state index contributed by atoms with van der Waals surface area (Å²) in [5.74, 6) is 0.457. The zero-order valence-electron chi connectivity index (χ0n) is 13.5. The number of aromatic nitrogens is 2. The highest BCUT2D eigenvalue weighted by molar-refractivity contribution is 5.98. The number of benzene rings is 1. The molecular weight excluding hydrogens is 308 g/mol. The van der Waals surface area contributed by atoms with Gasteiger partial charge in [0, 0.05) is 37.9 Å². The van der Waals surface area contributed by atoms with Gasteiger partial charge in [0.15, 0.2) is 6.61 Å². The molecule has 2 amide bonds. The number of para-hydroxylation sites is 2. The summed E-state index contributed by atoms with van der Waals surface area (Å²) in [4.78, 5) is 29.8. The first kappa shape index (κ1) is 16.0. The number of fused-ring (bicyclic) bond motifs is 1.